The lowest BCUT2D eigenvalue weighted by molar-refractivity contribution is 0.0869. The molecule has 0 bridgehead atoms. The van der Waals surface area contributed by atoms with Crippen LogP contribution in [0.25, 0.3) is 11.2 Å². The molecule has 0 radical (unpaired) electrons. The molecule has 2 aromatic rings. The highest BCUT2D eigenvalue weighted by molar-refractivity contribution is 6.76. The van der Waals surface area contributed by atoms with Crippen molar-refractivity contribution in [2.24, 2.45) is 7.05 Å². The van der Waals surface area contributed by atoms with Crippen LogP contribution >= 0.6 is 11.6 Å². The van der Waals surface area contributed by atoms with Crippen LogP contribution < -0.4 is 5.69 Å². The van der Waals surface area contributed by atoms with Crippen molar-refractivity contribution in [3.05, 3.63) is 27.8 Å². The Balaban J connectivity index is 2.20. The average Bonchev–Trinajstić information content (AvgIpc) is 2.57. The van der Waals surface area contributed by atoms with Crippen molar-refractivity contribution in [2.75, 3.05) is 6.61 Å². The van der Waals surface area contributed by atoms with Gasteiger partial charge in [-0.1, -0.05) is 31.2 Å². The Morgan fingerprint density at radius 1 is 1.35 bits per heavy atom. The first kappa shape index (κ1) is 15.3. The van der Waals surface area contributed by atoms with Gasteiger partial charge >= 0.3 is 5.69 Å². The van der Waals surface area contributed by atoms with E-state index in [9.17, 15) is 4.79 Å². The summed E-state index contributed by atoms with van der Waals surface area (Å²) < 4.78 is 8.71. The maximum Gasteiger partial charge on any atom is 0.331 e. The number of rotatable bonds is 5. The molecule has 2 heterocycles. The standard InChI is InChI=1S/C13H20ClN3O2Si/c1-16-10-5-6-11(14)15-12(10)17(13(16)18)9-19-7-8-20(2,3)4/h5-6H,7-9H2,1-4H3. The van der Waals surface area contributed by atoms with Gasteiger partial charge in [-0.3, -0.25) is 9.13 Å². The highest BCUT2D eigenvalue weighted by atomic mass is 35.5. The molecule has 0 fully saturated rings. The predicted molar refractivity (Wildman–Crippen MR) is 84.1 cm³/mol. The minimum absolute atomic E-state index is 0.136. The molecule has 0 spiro atoms. The van der Waals surface area contributed by atoms with Gasteiger partial charge in [0.1, 0.15) is 11.9 Å². The smallest absolute Gasteiger partial charge is 0.331 e. The second-order valence-corrected chi connectivity index (χ2v) is 12.1. The highest BCUT2D eigenvalue weighted by Crippen LogP contribution is 2.14. The first-order valence-corrected chi connectivity index (χ1v) is 10.7. The third-order valence-electron chi connectivity index (χ3n) is 3.17. The average molecular weight is 314 g/mol. The zero-order valence-electron chi connectivity index (χ0n) is 12.3. The van der Waals surface area contributed by atoms with E-state index in [1.54, 1.807) is 23.7 Å². The fourth-order valence-electron chi connectivity index (χ4n) is 1.90. The van der Waals surface area contributed by atoms with Gasteiger partial charge in [0.05, 0.1) is 5.52 Å². The molecule has 0 unspecified atom stereocenters. The monoisotopic (exact) mass is 313 g/mol. The van der Waals surface area contributed by atoms with E-state index in [4.69, 9.17) is 16.3 Å². The summed E-state index contributed by atoms with van der Waals surface area (Å²) in [5.41, 5.74) is 1.19. The fourth-order valence-corrected chi connectivity index (χ4v) is 2.80. The number of pyridine rings is 1. The molecule has 0 amide bonds. The quantitative estimate of drug-likeness (QED) is 0.484. The first-order valence-electron chi connectivity index (χ1n) is 6.59. The minimum atomic E-state index is -1.12. The zero-order valence-corrected chi connectivity index (χ0v) is 14.1. The van der Waals surface area contributed by atoms with E-state index in [2.05, 4.69) is 24.6 Å². The van der Waals surface area contributed by atoms with Gasteiger partial charge in [0.25, 0.3) is 0 Å². The summed E-state index contributed by atoms with van der Waals surface area (Å²) in [7, 11) is 0.600. The Kier molecular flexibility index (Phi) is 4.36. The van der Waals surface area contributed by atoms with Crippen molar-refractivity contribution >= 4 is 30.8 Å². The van der Waals surface area contributed by atoms with Crippen molar-refractivity contribution in [3.8, 4) is 0 Å². The maximum absolute atomic E-state index is 12.2. The van der Waals surface area contributed by atoms with Crippen LogP contribution in [0, 0.1) is 0 Å². The van der Waals surface area contributed by atoms with Gasteiger partial charge in [-0.05, 0) is 18.2 Å². The molecule has 0 aliphatic heterocycles. The zero-order chi connectivity index (χ0) is 14.9. The summed E-state index contributed by atoms with van der Waals surface area (Å²) in [5.74, 6) is 0. The summed E-state index contributed by atoms with van der Waals surface area (Å²) in [5, 5.41) is 0.374. The second kappa shape index (κ2) is 5.71. The third kappa shape index (κ3) is 3.31. The summed E-state index contributed by atoms with van der Waals surface area (Å²) in [4.78, 5) is 16.4. The molecule has 2 aromatic heterocycles. The molecule has 7 heteroatoms. The molecule has 0 N–H and O–H groups in total. The molecule has 0 aromatic carbocycles. The molecule has 2 rings (SSSR count). The van der Waals surface area contributed by atoms with Crippen LogP contribution in [-0.4, -0.2) is 28.8 Å². The SMILES string of the molecule is Cn1c(=O)n(COCC[Si](C)(C)C)c2nc(Cl)ccc21. The van der Waals surface area contributed by atoms with Crippen molar-refractivity contribution in [1.82, 2.24) is 14.1 Å². The number of hydrogen-bond donors (Lipinski definition) is 0. The van der Waals surface area contributed by atoms with Gasteiger partial charge < -0.3 is 4.74 Å². The van der Waals surface area contributed by atoms with E-state index in [1.165, 1.54) is 4.57 Å². The van der Waals surface area contributed by atoms with Gasteiger partial charge in [-0.15, -0.1) is 0 Å². The van der Waals surface area contributed by atoms with E-state index in [-0.39, 0.29) is 12.4 Å². The largest absolute Gasteiger partial charge is 0.361 e. The van der Waals surface area contributed by atoms with Gasteiger partial charge in [0.15, 0.2) is 5.65 Å². The number of aryl methyl sites for hydroxylation is 1. The van der Waals surface area contributed by atoms with Gasteiger partial charge in [0, 0.05) is 21.7 Å². The summed E-state index contributed by atoms with van der Waals surface area (Å²) in [6.45, 7) is 7.76. The highest BCUT2D eigenvalue weighted by Gasteiger charge is 2.14. The normalized spacial score (nSPS) is 12.2. The summed E-state index contributed by atoms with van der Waals surface area (Å²) in [6, 6.07) is 4.55. The van der Waals surface area contributed by atoms with Crippen LogP contribution in [0.3, 0.4) is 0 Å². The van der Waals surface area contributed by atoms with E-state index >= 15 is 0 Å². The third-order valence-corrected chi connectivity index (χ3v) is 5.09. The number of aromatic nitrogens is 3. The molecule has 5 nitrogen and oxygen atoms in total. The fraction of sp³-hybridized carbons (Fsp3) is 0.538. The van der Waals surface area contributed by atoms with Crippen LogP contribution in [0.15, 0.2) is 16.9 Å². The topological polar surface area (TPSA) is 49.0 Å². The van der Waals surface area contributed by atoms with Crippen LogP contribution in [0.1, 0.15) is 0 Å². The van der Waals surface area contributed by atoms with Crippen LogP contribution in [-0.2, 0) is 18.5 Å². The molecule has 0 aliphatic rings. The second-order valence-electron chi connectivity index (χ2n) is 6.09. The van der Waals surface area contributed by atoms with Gasteiger partial charge in [-0.2, -0.15) is 0 Å². The maximum atomic E-state index is 12.2. The van der Waals surface area contributed by atoms with E-state index in [1.807, 2.05) is 0 Å². The predicted octanol–water partition coefficient (Wildman–Crippen LogP) is 2.70. The minimum Gasteiger partial charge on any atom is -0.361 e. The number of hydrogen-bond acceptors (Lipinski definition) is 3. The van der Waals surface area contributed by atoms with Gasteiger partial charge in [-0.25, -0.2) is 9.78 Å². The number of halogens is 1. The van der Waals surface area contributed by atoms with Crippen LogP contribution in [0.4, 0.5) is 0 Å². The summed E-state index contributed by atoms with van der Waals surface area (Å²) in [6.07, 6.45) is 0. The van der Waals surface area contributed by atoms with Crippen molar-refractivity contribution in [1.29, 1.82) is 0 Å². The lowest BCUT2D eigenvalue weighted by Gasteiger charge is -2.15. The van der Waals surface area contributed by atoms with E-state index < -0.39 is 8.07 Å². The molecule has 20 heavy (non-hydrogen) atoms. The van der Waals surface area contributed by atoms with E-state index in [0.717, 1.165) is 11.6 Å². The van der Waals surface area contributed by atoms with Crippen molar-refractivity contribution in [3.63, 3.8) is 0 Å². The Hall–Kier alpha value is -1.11. The Bertz CT molecular complexity index is 673. The van der Waals surface area contributed by atoms with E-state index in [0.29, 0.717) is 17.4 Å². The Morgan fingerprint density at radius 3 is 2.70 bits per heavy atom. The molecule has 0 aliphatic carbocycles. The lowest BCUT2D eigenvalue weighted by atomic mass is 10.4. The molecular formula is C13H20ClN3O2Si. The van der Waals surface area contributed by atoms with Crippen LogP contribution in [0.5, 0.6) is 0 Å². The number of nitrogens with zero attached hydrogens (tertiary/aromatic N) is 3. The Morgan fingerprint density at radius 2 is 2.05 bits per heavy atom. The van der Waals surface area contributed by atoms with Crippen LogP contribution in [0.2, 0.25) is 30.8 Å². The van der Waals surface area contributed by atoms with Crippen molar-refractivity contribution < 1.29 is 4.74 Å². The number of ether oxygens (including phenoxy) is 1. The number of imidazole rings is 1. The first-order chi connectivity index (χ1) is 9.29. The lowest BCUT2D eigenvalue weighted by Crippen LogP contribution is -2.25. The molecule has 110 valence electrons. The summed E-state index contributed by atoms with van der Waals surface area (Å²) >= 11 is 5.90. The molecular weight excluding hydrogens is 294 g/mol. The molecule has 0 saturated carbocycles. The molecule has 0 atom stereocenters. The van der Waals surface area contributed by atoms with Gasteiger partial charge in [0.2, 0.25) is 0 Å². The Labute approximate surface area is 124 Å². The number of fused-ring (bicyclic) bond motifs is 1. The molecule has 0 saturated heterocycles. The van der Waals surface area contributed by atoms with Crippen molar-refractivity contribution in [2.45, 2.75) is 32.4 Å².